The van der Waals surface area contributed by atoms with E-state index in [1.165, 1.54) is 12.0 Å². The zero-order valence-electron chi connectivity index (χ0n) is 12.8. The maximum Gasteiger partial charge on any atom is 0.189 e. The fraction of sp³-hybridized carbons (Fsp3) is 0.625. The van der Waals surface area contributed by atoms with Crippen LogP contribution in [0.1, 0.15) is 38.3 Å². The molecule has 0 aromatic heterocycles. The van der Waals surface area contributed by atoms with E-state index in [1.807, 2.05) is 12.1 Å². The first-order valence-corrected chi connectivity index (χ1v) is 7.48. The summed E-state index contributed by atoms with van der Waals surface area (Å²) in [4.78, 5) is 2.45. The number of nitrogens with zero attached hydrogens (tertiary/aromatic N) is 1. The van der Waals surface area contributed by atoms with Gasteiger partial charge in [-0.1, -0.05) is 27.2 Å². The summed E-state index contributed by atoms with van der Waals surface area (Å²) >= 11 is 0. The predicted molar refractivity (Wildman–Crippen MR) is 81.5 cm³/mol. The van der Waals surface area contributed by atoms with Crippen LogP contribution in [-0.2, 0) is 17.9 Å². The zero-order valence-corrected chi connectivity index (χ0v) is 12.8. The minimum atomic E-state index is 0.335. The van der Waals surface area contributed by atoms with Crippen LogP contribution in [0.5, 0.6) is 5.75 Å². The van der Waals surface area contributed by atoms with Gasteiger partial charge in [-0.3, -0.25) is 4.90 Å². The second kappa shape index (κ2) is 6.95. The van der Waals surface area contributed by atoms with Crippen LogP contribution in [0.15, 0.2) is 12.1 Å². The standard InChI is InChI=1S/C16H26N2O2/c1-4-12(3)8-18(5-2)9-13-6-15(17)7-14-10-19-11-20-16(13)14/h6-7,12H,4-5,8-11,17H2,1-3H3. The molecule has 0 fully saturated rings. The normalized spacial score (nSPS) is 15.8. The summed E-state index contributed by atoms with van der Waals surface area (Å²) in [6, 6.07) is 3.98. The molecule has 1 aliphatic rings. The molecule has 0 aliphatic carbocycles. The predicted octanol–water partition coefficient (Wildman–Crippen LogP) is 3.00. The van der Waals surface area contributed by atoms with Gasteiger partial charge in [0.2, 0.25) is 0 Å². The van der Waals surface area contributed by atoms with Gasteiger partial charge in [0.1, 0.15) is 5.75 Å². The van der Waals surface area contributed by atoms with Gasteiger partial charge in [-0.15, -0.1) is 0 Å². The number of nitrogen functional groups attached to an aromatic ring is 1. The molecule has 4 heteroatoms. The Labute approximate surface area is 121 Å². The van der Waals surface area contributed by atoms with Crippen molar-refractivity contribution in [2.45, 2.75) is 40.3 Å². The molecule has 0 saturated heterocycles. The van der Waals surface area contributed by atoms with E-state index in [-0.39, 0.29) is 0 Å². The number of hydrogen-bond donors (Lipinski definition) is 1. The maximum absolute atomic E-state index is 6.00. The molecule has 2 rings (SSSR count). The second-order valence-electron chi connectivity index (χ2n) is 5.62. The van der Waals surface area contributed by atoms with Crippen LogP contribution in [0.25, 0.3) is 0 Å². The molecule has 0 amide bonds. The van der Waals surface area contributed by atoms with Gasteiger partial charge in [0.25, 0.3) is 0 Å². The number of anilines is 1. The SMILES string of the molecule is CCC(C)CN(CC)Cc1cc(N)cc2c1OCOC2. The highest BCUT2D eigenvalue weighted by Gasteiger charge is 2.18. The summed E-state index contributed by atoms with van der Waals surface area (Å²) in [5, 5.41) is 0. The molecular formula is C16H26N2O2. The van der Waals surface area contributed by atoms with E-state index in [2.05, 4.69) is 25.7 Å². The summed E-state index contributed by atoms with van der Waals surface area (Å²) in [7, 11) is 0. The van der Waals surface area contributed by atoms with Gasteiger partial charge >= 0.3 is 0 Å². The molecule has 20 heavy (non-hydrogen) atoms. The molecular weight excluding hydrogens is 252 g/mol. The van der Waals surface area contributed by atoms with Gasteiger partial charge in [-0.25, -0.2) is 0 Å². The molecule has 4 nitrogen and oxygen atoms in total. The smallest absolute Gasteiger partial charge is 0.189 e. The van der Waals surface area contributed by atoms with Crippen LogP contribution >= 0.6 is 0 Å². The third-order valence-electron chi connectivity index (χ3n) is 3.92. The molecule has 1 atom stereocenters. The van der Waals surface area contributed by atoms with Crippen molar-refractivity contribution < 1.29 is 9.47 Å². The minimum Gasteiger partial charge on any atom is -0.467 e. The lowest BCUT2D eigenvalue weighted by molar-refractivity contribution is -0.0174. The first kappa shape index (κ1) is 15.1. The van der Waals surface area contributed by atoms with Gasteiger partial charge < -0.3 is 15.2 Å². The molecule has 2 N–H and O–H groups in total. The monoisotopic (exact) mass is 278 g/mol. The van der Waals surface area contributed by atoms with Crippen LogP contribution in [0.3, 0.4) is 0 Å². The van der Waals surface area contributed by atoms with Gasteiger partial charge in [0.05, 0.1) is 6.61 Å². The summed E-state index contributed by atoms with van der Waals surface area (Å²) in [6.45, 7) is 10.7. The van der Waals surface area contributed by atoms with Crippen LogP contribution in [0.2, 0.25) is 0 Å². The Balaban J connectivity index is 2.17. The number of hydrogen-bond acceptors (Lipinski definition) is 4. The van der Waals surface area contributed by atoms with Crippen LogP contribution in [0, 0.1) is 5.92 Å². The second-order valence-corrected chi connectivity index (χ2v) is 5.62. The quantitative estimate of drug-likeness (QED) is 0.813. The molecule has 0 bridgehead atoms. The highest BCUT2D eigenvalue weighted by Crippen LogP contribution is 2.31. The maximum atomic E-state index is 6.00. The van der Waals surface area contributed by atoms with E-state index in [9.17, 15) is 0 Å². The van der Waals surface area contributed by atoms with E-state index in [0.29, 0.717) is 19.3 Å². The van der Waals surface area contributed by atoms with E-state index >= 15 is 0 Å². The summed E-state index contributed by atoms with van der Waals surface area (Å²) < 4.78 is 11.0. The third kappa shape index (κ3) is 3.64. The van der Waals surface area contributed by atoms with Crippen molar-refractivity contribution in [3.63, 3.8) is 0 Å². The largest absolute Gasteiger partial charge is 0.467 e. The van der Waals surface area contributed by atoms with Gasteiger partial charge in [-0.05, 0) is 24.6 Å². The van der Waals surface area contributed by atoms with Crippen molar-refractivity contribution in [2.24, 2.45) is 5.92 Å². The molecule has 0 radical (unpaired) electrons. The first-order chi connectivity index (χ1) is 9.63. The van der Waals surface area contributed by atoms with E-state index < -0.39 is 0 Å². The summed E-state index contributed by atoms with van der Waals surface area (Å²) in [5.74, 6) is 1.67. The Morgan fingerprint density at radius 3 is 2.85 bits per heavy atom. The van der Waals surface area contributed by atoms with Crippen molar-refractivity contribution in [3.8, 4) is 5.75 Å². The molecule has 112 valence electrons. The lowest BCUT2D eigenvalue weighted by atomic mass is 10.0. The topological polar surface area (TPSA) is 47.7 Å². The van der Waals surface area contributed by atoms with Crippen molar-refractivity contribution in [2.75, 3.05) is 25.6 Å². The molecule has 1 aromatic carbocycles. The van der Waals surface area contributed by atoms with Gasteiger partial charge in [-0.2, -0.15) is 0 Å². The third-order valence-corrected chi connectivity index (χ3v) is 3.92. The van der Waals surface area contributed by atoms with Crippen LogP contribution in [0.4, 0.5) is 5.69 Å². The number of nitrogens with two attached hydrogens (primary N) is 1. The summed E-state index contributed by atoms with van der Waals surface area (Å²) in [5.41, 5.74) is 9.02. The van der Waals surface area contributed by atoms with Crippen molar-refractivity contribution in [1.82, 2.24) is 4.90 Å². The zero-order chi connectivity index (χ0) is 14.5. The van der Waals surface area contributed by atoms with Crippen molar-refractivity contribution in [1.29, 1.82) is 0 Å². The molecule has 0 saturated carbocycles. The average molecular weight is 278 g/mol. The number of benzene rings is 1. The first-order valence-electron chi connectivity index (χ1n) is 7.48. The molecule has 1 aliphatic heterocycles. The highest BCUT2D eigenvalue weighted by molar-refractivity contribution is 5.53. The fourth-order valence-electron chi connectivity index (χ4n) is 2.56. The Morgan fingerprint density at radius 2 is 2.15 bits per heavy atom. The molecule has 1 heterocycles. The lowest BCUT2D eigenvalue weighted by Crippen LogP contribution is -2.28. The van der Waals surface area contributed by atoms with Crippen molar-refractivity contribution >= 4 is 5.69 Å². The minimum absolute atomic E-state index is 0.335. The molecule has 1 aromatic rings. The van der Waals surface area contributed by atoms with Gasteiger partial charge in [0.15, 0.2) is 6.79 Å². The Kier molecular flexibility index (Phi) is 5.26. The van der Waals surface area contributed by atoms with E-state index in [0.717, 1.165) is 36.6 Å². The number of fused-ring (bicyclic) bond motifs is 1. The fourth-order valence-corrected chi connectivity index (χ4v) is 2.56. The lowest BCUT2D eigenvalue weighted by Gasteiger charge is -2.27. The van der Waals surface area contributed by atoms with Crippen LogP contribution < -0.4 is 10.5 Å². The van der Waals surface area contributed by atoms with E-state index in [4.69, 9.17) is 15.2 Å². The van der Waals surface area contributed by atoms with Crippen molar-refractivity contribution in [3.05, 3.63) is 23.3 Å². The number of rotatable bonds is 6. The molecule has 0 spiro atoms. The Hall–Kier alpha value is -1.26. The number of ether oxygens (including phenoxy) is 2. The van der Waals surface area contributed by atoms with Crippen LogP contribution in [-0.4, -0.2) is 24.8 Å². The summed E-state index contributed by atoms with van der Waals surface area (Å²) in [6.07, 6.45) is 1.20. The Bertz CT molecular complexity index is 448. The Morgan fingerprint density at radius 1 is 1.35 bits per heavy atom. The average Bonchev–Trinajstić information content (AvgIpc) is 2.46. The molecule has 1 unspecified atom stereocenters. The van der Waals surface area contributed by atoms with Gasteiger partial charge in [0, 0.05) is 29.9 Å². The highest BCUT2D eigenvalue weighted by atomic mass is 16.7. The van der Waals surface area contributed by atoms with E-state index in [1.54, 1.807) is 0 Å².